The first-order valence-electron chi connectivity index (χ1n) is 9.06. The minimum Gasteiger partial charge on any atom is -0.494 e. The van der Waals surface area contributed by atoms with Crippen molar-refractivity contribution >= 4 is 17.6 Å². The second-order valence-electron chi connectivity index (χ2n) is 6.12. The molecule has 7 nitrogen and oxygen atoms in total. The molecule has 0 fully saturated rings. The lowest BCUT2D eigenvalue weighted by Crippen LogP contribution is -2.32. The number of esters is 1. The van der Waals surface area contributed by atoms with Crippen molar-refractivity contribution in [1.82, 2.24) is 5.32 Å². The van der Waals surface area contributed by atoms with Gasteiger partial charge in [0, 0.05) is 19.8 Å². The van der Waals surface area contributed by atoms with Crippen LogP contribution in [0.15, 0.2) is 48.5 Å². The zero-order valence-electron chi connectivity index (χ0n) is 16.4. The largest absolute Gasteiger partial charge is 0.494 e. The quantitative estimate of drug-likeness (QED) is 0.499. The summed E-state index contributed by atoms with van der Waals surface area (Å²) in [5.41, 5.74) is 1.28. The summed E-state index contributed by atoms with van der Waals surface area (Å²) in [6.45, 7) is 2.80. The maximum Gasteiger partial charge on any atom is 0.338 e. The predicted octanol–water partition coefficient (Wildman–Crippen LogP) is 2.50. The van der Waals surface area contributed by atoms with Crippen molar-refractivity contribution in [3.63, 3.8) is 0 Å². The third-order valence-electron chi connectivity index (χ3n) is 3.76. The van der Waals surface area contributed by atoms with Crippen LogP contribution in [0, 0.1) is 0 Å². The average Bonchev–Trinajstić information content (AvgIpc) is 2.71. The highest BCUT2D eigenvalue weighted by Crippen LogP contribution is 2.17. The number of hydrogen-bond donors (Lipinski definition) is 1. The van der Waals surface area contributed by atoms with Gasteiger partial charge < -0.3 is 24.4 Å². The van der Waals surface area contributed by atoms with Crippen LogP contribution in [0.3, 0.4) is 0 Å². The van der Waals surface area contributed by atoms with E-state index in [2.05, 4.69) is 5.32 Å². The number of hydrogen-bond acceptors (Lipinski definition) is 6. The molecule has 0 saturated heterocycles. The van der Waals surface area contributed by atoms with Gasteiger partial charge in [0.2, 0.25) is 0 Å². The van der Waals surface area contributed by atoms with Crippen LogP contribution in [-0.2, 0) is 9.53 Å². The van der Waals surface area contributed by atoms with Crippen LogP contribution in [0.5, 0.6) is 11.5 Å². The molecular weight excluding hydrogens is 360 g/mol. The van der Waals surface area contributed by atoms with E-state index in [0.717, 1.165) is 11.4 Å². The van der Waals surface area contributed by atoms with Gasteiger partial charge in [-0.05, 0) is 49.4 Å². The van der Waals surface area contributed by atoms with E-state index in [4.69, 9.17) is 14.2 Å². The van der Waals surface area contributed by atoms with Gasteiger partial charge in [0.1, 0.15) is 18.1 Å². The second kappa shape index (κ2) is 10.8. The van der Waals surface area contributed by atoms with Crippen molar-refractivity contribution in [3.8, 4) is 11.5 Å². The number of amides is 1. The number of nitrogens with one attached hydrogen (secondary N) is 1. The number of carbonyl (C=O) groups is 2. The Hall–Kier alpha value is -3.22. The van der Waals surface area contributed by atoms with E-state index in [9.17, 15) is 9.59 Å². The first-order valence-corrected chi connectivity index (χ1v) is 9.06. The number of rotatable bonds is 10. The summed E-state index contributed by atoms with van der Waals surface area (Å²) in [4.78, 5) is 25.8. The Balaban J connectivity index is 1.67. The molecule has 2 aromatic carbocycles. The normalized spacial score (nSPS) is 10.1. The number of carbonyl (C=O) groups excluding carboxylic acids is 2. The fourth-order valence-electron chi connectivity index (χ4n) is 2.33. The highest BCUT2D eigenvalue weighted by molar-refractivity contribution is 5.92. The molecule has 0 aromatic heterocycles. The fraction of sp³-hybridized carbons (Fsp3) is 0.333. The van der Waals surface area contributed by atoms with E-state index < -0.39 is 5.97 Å². The summed E-state index contributed by atoms with van der Waals surface area (Å²) in [5, 5.41) is 2.65. The van der Waals surface area contributed by atoms with E-state index in [1.54, 1.807) is 30.3 Å². The van der Waals surface area contributed by atoms with E-state index in [1.165, 1.54) is 0 Å². The first-order chi connectivity index (χ1) is 13.5. The molecule has 28 heavy (non-hydrogen) atoms. The zero-order chi connectivity index (χ0) is 20.4. The molecule has 0 saturated carbocycles. The summed E-state index contributed by atoms with van der Waals surface area (Å²) in [7, 11) is 3.76. The molecule has 0 unspecified atom stereocenters. The van der Waals surface area contributed by atoms with Gasteiger partial charge in [0.05, 0.1) is 18.7 Å². The number of anilines is 1. The molecular formula is C21H26N2O5. The van der Waals surface area contributed by atoms with E-state index in [-0.39, 0.29) is 12.5 Å². The van der Waals surface area contributed by atoms with Gasteiger partial charge in [-0.3, -0.25) is 4.79 Å². The van der Waals surface area contributed by atoms with E-state index >= 15 is 0 Å². The Kier molecular flexibility index (Phi) is 8.14. The predicted molar refractivity (Wildman–Crippen MR) is 107 cm³/mol. The summed E-state index contributed by atoms with van der Waals surface area (Å²) in [5.74, 6) is 0.544. The SMILES string of the molecule is CCOc1ccc(OCCNC(=O)COC(=O)c2cccc(N(C)C)c2)cc1. The monoisotopic (exact) mass is 386 g/mol. The Labute approximate surface area is 165 Å². The lowest BCUT2D eigenvalue weighted by atomic mass is 10.2. The van der Waals surface area contributed by atoms with Crippen LogP contribution in [0.25, 0.3) is 0 Å². The smallest absolute Gasteiger partial charge is 0.338 e. The molecule has 2 aromatic rings. The van der Waals surface area contributed by atoms with E-state index in [1.807, 2.05) is 44.1 Å². The standard InChI is InChI=1S/C21H26N2O5/c1-4-26-18-8-10-19(11-9-18)27-13-12-22-20(24)15-28-21(25)16-6-5-7-17(14-16)23(2)3/h5-11,14H,4,12-13,15H2,1-3H3,(H,22,24). The Morgan fingerprint density at radius 1 is 1.00 bits per heavy atom. The fourth-order valence-corrected chi connectivity index (χ4v) is 2.33. The lowest BCUT2D eigenvalue weighted by Gasteiger charge is -2.13. The highest BCUT2D eigenvalue weighted by Gasteiger charge is 2.11. The van der Waals surface area contributed by atoms with Gasteiger partial charge in [-0.15, -0.1) is 0 Å². The minimum atomic E-state index is -0.538. The van der Waals surface area contributed by atoms with Crippen molar-refractivity contribution in [2.45, 2.75) is 6.92 Å². The van der Waals surface area contributed by atoms with Crippen LogP contribution >= 0.6 is 0 Å². The van der Waals surface area contributed by atoms with Gasteiger partial charge in [-0.1, -0.05) is 6.07 Å². The summed E-state index contributed by atoms with van der Waals surface area (Å²) in [6, 6.07) is 14.3. The molecule has 0 atom stereocenters. The van der Waals surface area contributed by atoms with Gasteiger partial charge in [-0.2, -0.15) is 0 Å². The summed E-state index contributed by atoms with van der Waals surface area (Å²) < 4.78 is 15.9. The molecule has 0 aliphatic heterocycles. The number of benzene rings is 2. The maximum atomic E-state index is 12.1. The highest BCUT2D eigenvalue weighted by atomic mass is 16.5. The van der Waals surface area contributed by atoms with Gasteiger partial charge in [-0.25, -0.2) is 4.79 Å². The molecule has 0 heterocycles. The molecule has 0 bridgehead atoms. The summed E-state index contributed by atoms with van der Waals surface area (Å²) in [6.07, 6.45) is 0. The molecule has 1 amide bonds. The molecule has 150 valence electrons. The molecule has 0 aliphatic carbocycles. The van der Waals surface area contributed by atoms with Crippen LogP contribution in [0.1, 0.15) is 17.3 Å². The van der Waals surface area contributed by atoms with E-state index in [0.29, 0.717) is 31.1 Å². The van der Waals surface area contributed by atoms with Crippen LogP contribution < -0.4 is 19.7 Å². The molecule has 0 radical (unpaired) electrons. The summed E-state index contributed by atoms with van der Waals surface area (Å²) >= 11 is 0. The van der Waals surface area contributed by atoms with Crippen LogP contribution in [-0.4, -0.2) is 52.3 Å². The van der Waals surface area contributed by atoms with Crippen molar-refractivity contribution in [2.24, 2.45) is 0 Å². The minimum absolute atomic E-state index is 0.304. The third-order valence-corrected chi connectivity index (χ3v) is 3.76. The lowest BCUT2D eigenvalue weighted by molar-refractivity contribution is -0.124. The van der Waals surface area contributed by atoms with Crippen molar-refractivity contribution in [2.75, 3.05) is 45.4 Å². The Morgan fingerprint density at radius 2 is 1.68 bits per heavy atom. The molecule has 7 heteroatoms. The Bertz CT molecular complexity index is 775. The average molecular weight is 386 g/mol. The van der Waals surface area contributed by atoms with Crippen LogP contribution in [0.4, 0.5) is 5.69 Å². The van der Waals surface area contributed by atoms with Gasteiger partial charge in [0.25, 0.3) is 5.91 Å². The molecule has 2 rings (SSSR count). The van der Waals surface area contributed by atoms with Crippen molar-refractivity contribution in [1.29, 1.82) is 0 Å². The maximum absolute atomic E-state index is 12.1. The van der Waals surface area contributed by atoms with Crippen molar-refractivity contribution < 1.29 is 23.8 Å². The zero-order valence-corrected chi connectivity index (χ0v) is 16.4. The van der Waals surface area contributed by atoms with Gasteiger partial charge in [0.15, 0.2) is 6.61 Å². The third kappa shape index (κ3) is 6.83. The number of ether oxygens (including phenoxy) is 3. The first kappa shape index (κ1) is 21.1. The topological polar surface area (TPSA) is 77.1 Å². The second-order valence-corrected chi connectivity index (χ2v) is 6.12. The number of nitrogens with zero attached hydrogens (tertiary/aromatic N) is 1. The molecule has 1 N–H and O–H groups in total. The van der Waals surface area contributed by atoms with Crippen LogP contribution in [0.2, 0.25) is 0 Å². The Morgan fingerprint density at radius 3 is 2.32 bits per heavy atom. The molecule has 0 spiro atoms. The molecule has 0 aliphatic rings. The van der Waals surface area contributed by atoms with Crippen molar-refractivity contribution in [3.05, 3.63) is 54.1 Å². The van der Waals surface area contributed by atoms with Gasteiger partial charge >= 0.3 is 5.97 Å².